The van der Waals surface area contributed by atoms with Gasteiger partial charge in [0, 0.05) is 12.3 Å². The van der Waals surface area contributed by atoms with E-state index in [0.29, 0.717) is 28.0 Å². The first kappa shape index (κ1) is 17.8. The molecule has 0 spiro atoms. The van der Waals surface area contributed by atoms with Gasteiger partial charge in [-0.1, -0.05) is 36.5 Å². The number of hydrogen-bond acceptors (Lipinski definition) is 5. The predicted octanol–water partition coefficient (Wildman–Crippen LogP) is 2.48. The van der Waals surface area contributed by atoms with Gasteiger partial charge < -0.3 is 10.6 Å². The molecule has 1 unspecified atom stereocenters. The third-order valence-electron chi connectivity index (χ3n) is 3.93. The van der Waals surface area contributed by atoms with Crippen LogP contribution < -0.4 is 10.6 Å². The summed E-state index contributed by atoms with van der Waals surface area (Å²) in [5.74, 6) is 0.0282. The van der Waals surface area contributed by atoms with Crippen molar-refractivity contribution >= 4 is 34.8 Å². The zero-order chi connectivity index (χ0) is 15.5. The number of hydrogen-bond donors (Lipinski definition) is 2. The maximum absolute atomic E-state index is 13.6. The van der Waals surface area contributed by atoms with Crippen LogP contribution in [0.15, 0.2) is 24.3 Å². The van der Waals surface area contributed by atoms with Gasteiger partial charge in [0.25, 0.3) is 0 Å². The molecule has 2 aromatic rings. The summed E-state index contributed by atoms with van der Waals surface area (Å²) in [6.07, 6.45) is 0.377. The fraction of sp³-hybridized carbons (Fsp3) is 0.400. The van der Waals surface area contributed by atoms with Crippen molar-refractivity contribution in [2.24, 2.45) is 11.8 Å². The molecular weight excluding hydrogens is 339 g/mol. The molecule has 1 amide bonds. The van der Waals surface area contributed by atoms with Gasteiger partial charge >= 0.3 is 0 Å². The second-order valence-corrected chi connectivity index (χ2v) is 6.53. The van der Waals surface area contributed by atoms with Gasteiger partial charge in [-0.25, -0.2) is 4.39 Å². The van der Waals surface area contributed by atoms with Crippen LogP contribution in [-0.4, -0.2) is 29.2 Å². The van der Waals surface area contributed by atoms with Crippen molar-refractivity contribution < 1.29 is 9.18 Å². The van der Waals surface area contributed by atoms with Crippen molar-refractivity contribution in [2.75, 3.05) is 18.4 Å². The second-order valence-electron chi connectivity index (χ2n) is 5.47. The molecule has 2 N–H and O–H groups in total. The summed E-state index contributed by atoms with van der Waals surface area (Å²) < 4.78 is 13.6. The first-order valence-corrected chi connectivity index (χ1v) is 8.02. The van der Waals surface area contributed by atoms with Crippen LogP contribution in [0.5, 0.6) is 0 Å². The molecule has 1 saturated heterocycles. The average Bonchev–Trinajstić information content (AvgIpc) is 2.86. The molecule has 5 nitrogen and oxygen atoms in total. The lowest BCUT2D eigenvalue weighted by molar-refractivity contribution is -0.121. The number of nitrogens with zero attached hydrogens (tertiary/aromatic N) is 2. The Bertz CT molecular complexity index is 677. The molecule has 0 aliphatic carbocycles. The number of anilines is 1. The Morgan fingerprint density at radius 2 is 2.17 bits per heavy atom. The number of amides is 1. The molecule has 8 heteroatoms. The number of benzene rings is 1. The lowest BCUT2D eigenvalue weighted by Crippen LogP contribution is -2.48. The molecule has 23 heavy (non-hydrogen) atoms. The predicted molar refractivity (Wildman–Crippen MR) is 90.5 cm³/mol. The fourth-order valence-electron chi connectivity index (χ4n) is 2.28. The Labute approximate surface area is 144 Å². The topological polar surface area (TPSA) is 66.9 Å². The Balaban J connectivity index is 0.00000192. The summed E-state index contributed by atoms with van der Waals surface area (Å²) in [4.78, 5) is 12.1. The molecule has 1 aromatic carbocycles. The minimum atomic E-state index is -0.255. The van der Waals surface area contributed by atoms with Gasteiger partial charge in [-0.2, -0.15) is 0 Å². The molecule has 1 aromatic heterocycles. The molecule has 1 atom stereocenters. The smallest absolute Gasteiger partial charge is 0.229 e. The molecule has 0 radical (unpaired) electrons. The van der Waals surface area contributed by atoms with Crippen molar-refractivity contribution in [3.8, 4) is 0 Å². The Hall–Kier alpha value is -1.57. The average molecular weight is 357 g/mol. The van der Waals surface area contributed by atoms with E-state index in [4.69, 9.17) is 0 Å². The van der Waals surface area contributed by atoms with Gasteiger partial charge in [0.15, 0.2) is 0 Å². The second kappa shape index (κ2) is 7.81. The van der Waals surface area contributed by atoms with Crippen LogP contribution in [0.1, 0.15) is 17.5 Å². The van der Waals surface area contributed by atoms with Gasteiger partial charge in [0.05, 0.1) is 0 Å². The molecule has 1 aliphatic heterocycles. The maximum Gasteiger partial charge on any atom is 0.229 e. The van der Waals surface area contributed by atoms with Crippen LogP contribution in [0.2, 0.25) is 0 Å². The standard InChI is InChI=1S/C15H17FN4OS.ClH/c1-9(11-7-17-8-11)14(21)18-15-20-19-13(22-15)6-10-4-2-3-5-12(10)16;/h2-5,9,11,17H,6-8H2,1H3,(H,18,20,21);1H. The van der Waals surface area contributed by atoms with E-state index in [2.05, 4.69) is 20.8 Å². The van der Waals surface area contributed by atoms with Crippen LogP contribution in [0.25, 0.3) is 0 Å². The number of halogens is 2. The van der Waals surface area contributed by atoms with Crippen LogP contribution >= 0.6 is 23.7 Å². The minimum absolute atomic E-state index is 0. The third-order valence-corrected chi connectivity index (χ3v) is 4.77. The third kappa shape index (κ3) is 4.25. The first-order chi connectivity index (χ1) is 10.6. The quantitative estimate of drug-likeness (QED) is 0.863. The van der Waals surface area contributed by atoms with E-state index in [1.807, 2.05) is 6.92 Å². The maximum atomic E-state index is 13.6. The highest BCUT2D eigenvalue weighted by molar-refractivity contribution is 7.15. The molecule has 0 bridgehead atoms. The Kier molecular flexibility index (Phi) is 6.04. The van der Waals surface area contributed by atoms with Crippen molar-refractivity contribution in [1.29, 1.82) is 0 Å². The largest absolute Gasteiger partial charge is 0.316 e. The van der Waals surface area contributed by atoms with Gasteiger partial charge in [0.1, 0.15) is 10.8 Å². The van der Waals surface area contributed by atoms with Gasteiger partial charge in [-0.15, -0.1) is 22.6 Å². The van der Waals surface area contributed by atoms with Gasteiger partial charge in [-0.3, -0.25) is 4.79 Å². The van der Waals surface area contributed by atoms with Crippen molar-refractivity contribution in [2.45, 2.75) is 13.3 Å². The number of rotatable bonds is 5. The zero-order valence-electron chi connectivity index (χ0n) is 12.6. The molecular formula is C15H18ClFN4OS. The summed E-state index contributed by atoms with van der Waals surface area (Å²) in [6, 6.07) is 6.59. The van der Waals surface area contributed by atoms with Crippen molar-refractivity contribution in [3.63, 3.8) is 0 Å². The fourth-order valence-corrected chi connectivity index (χ4v) is 3.04. The Morgan fingerprint density at radius 1 is 1.43 bits per heavy atom. The zero-order valence-corrected chi connectivity index (χ0v) is 14.2. The lowest BCUT2D eigenvalue weighted by atomic mass is 9.88. The monoisotopic (exact) mass is 356 g/mol. The minimum Gasteiger partial charge on any atom is -0.316 e. The van der Waals surface area contributed by atoms with E-state index in [-0.39, 0.29) is 30.0 Å². The normalized spacial score (nSPS) is 15.4. The van der Waals surface area contributed by atoms with Crippen LogP contribution in [0, 0.1) is 17.7 Å². The molecule has 3 rings (SSSR count). The molecule has 0 saturated carbocycles. The van der Waals surface area contributed by atoms with Gasteiger partial charge in [-0.05, 0) is 30.6 Å². The molecule has 1 aliphatic rings. The number of nitrogens with one attached hydrogen (secondary N) is 2. The van der Waals surface area contributed by atoms with Crippen LogP contribution in [-0.2, 0) is 11.2 Å². The van der Waals surface area contributed by atoms with Crippen LogP contribution in [0.4, 0.5) is 9.52 Å². The van der Waals surface area contributed by atoms with E-state index >= 15 is 0 Å². The number of carbonyl (C=O) groups excluding carboxylic acids is 1. The van der Waals surface area contributed by atoms with E-state index < -0.39 is 0 Å². The van der Waals surface area contributed by atoms with E-state index in [0.717, 1.165) is 13.1 Å². The summed E-state index contributed by atoms with van der Waals surface area (Å²) in [5, 5.41) is 15.1. The summed E-state index contributed by atoms with van der Waals surface area (Å²) in [7, 11) is 0. The molecule has 1 fully saturated rings. The lowest BCUT2D eigenvalue weighted by Gasteiger charge is -2.31. The van der Waals surface area contributed by atoms with E-state index in [1.54, 1.807) is 18.2 Å². The first-order valence-electron chi connectivity index (χ1n) is 7.21. The molecule has 2 heterocycles. The summed E-state index contributed by atoms with van der Waals surface area (Å²) in [6.45, 7) is 3.68. The van der Waals surface area contributed by atoms with E-state index in [9.17, 15) is 9.18 Å². The summed E-state index contributed by atoms with van der Waals surface area (Å²) >= 11 is 1.28. The summed E-state index contributed by atoms with van der Waals surface area (Å²) in [5.41, 5.74) is 0.574. The number of carbonyl (C=O) groups is 1. The van der Waals surface area contributed by atoms with Gasteiger partial charge in [0.2, 0.25) is 11.0 Å². The number of aromatic nitrogens is 2. The van der Waals surface area contributed by atoms with Crippen molar-refractivity contribution in [3.05, 3.63) is 40.7 Å². The van der Waals surface area contributed by atoms with E-state index in [1.165, 1.54) is 17.4 Å². The van der Waals surface area contributed by atoms with Crippen LogP contribution in [0.3, 0.4) is 0 Å². The highest BCUT2D eigenvalue weighted by Gasteiger charge is 2.29. The molecule has 124 valence electrons. The Morgan fingerprint density at radius 3 is 2.83 bits per heavy atom. The highest BCUT2D eigenvalue weighted by atomic mass is 35.5. The van der Waals surface area contributed by atoms with Crippen molar-refractivity contribution in [1.82, 2.24) is 15.5 Å². The highest BCUT2D eigenvalue weighted by Crippen LogP contribution is 2.22. The SMILES string of the molecule is CC(C(=O)Nc1nnc(Cc2ccccc2F)s1)C1CNC1.Cl.